The number of anilines is 3. The number of hydrogen-bond acceptors (Lipinski definition) is 4. The highest BCUT2D eigenvalue weighted by molar-refractivity contribution is 6.33. The lowest BCUT2D eigenvalue weighted by Gasteiger charge is -2.15. The van der Waals surface area contributed by atoms with Crippen molar-refractivity contribution in [2.24, 2.45) is 0 Å². The molecule has 0 unspecified atom stereocenters. The number of para-hydroxylation sites is 3. The normalized spacial score (nSPS) is 12.3. The maximum atomic E-state index is 12.5. The lowest BCUT2D eigenvalue weighted by atomic mass is 10.1. The third-order valence-corrected chi connectivity index (χ3v) is 5.49. The largest absolute Gasteiger partial charge is 0.573 e. The SMILES string of the molecule is CC/C(Nc1ccccc1Cl)=C(C)/C=C(\C)Oc1ccccc1NC(=O)Nc1ccc(OC(F)(F)F)cc1. The number of rotatable bonds is 9. The fourth-order valence-electron chi connectivity index (χ4n) is 3.47. The second-order valence-corrected chi connectivity index (χ2v) is 8.53. The van der Waals surface area contributed by atoms with E-state index in [1.165, 1.54) is 12.1 Å². The zero-order valence-corrected chi connectivity index (χ0v) is 21.7. The average molecular weight is 546 g/mol. The monoisotopic (exact) mass is 545 g/mol. The van der Waals surface area contributed by atoms with Crippen LogP contribution >= 0.6 is 11.6 Å². The molecule has 0 atom stereocenters. The topological polar surface area (TPSA) is 71.6 Å². The van der Waals surface area contributed by atoms with Crippen molar-refractivity contribution in [1.29, 1.82) is 0 Å². The summed E-state index contributed by atoms with van der Waals surface area (Å²) >= 11 is 6.27. The van der Waals surface area contributed by atoms with Gasteiger partial charge in [-0.25, -0.2) is 4.79 Å². The van der Waals surface area contributed by atoms with E-state index in [-0.39, 0.29) is 11.4 Å². The number of allylic oxidation sites excluding steroid dienone is 4. The number of hydrogen-bond donors (Lipinski definition) is 3. The Kier molecular flexibility index (Phi) is 9.67. The van der Waals surface area contributed by atoms with Crippen LogP contribution in [0.4, 0.5) is 35.0 Å². The van der Waals surface area contributed by atoms with Gasteiger partial charge in [0.2, 0.25) is 0 Å². The first kappa shape index (κ1) is 28.5. The predicted molar refractivity (Wildman–Crippen MR) is 145 cm³/mol. The van der Waals surface area contributed by atoms with E-state index in [1.807, 2.05) is 44.2 Å². The summed E-state index contributed by atoms with van der Waals surface area (Å²) in [5.41, 5.74) is 3.41. The summed E-state index contributed by atoms with van der Waals surface area (Å²) < 4.78 is 46.8. The van der Waals surface area contributed by atoms with Gasteiger partial charge in [-0.3, -0.25) is 0 Å². The van der Waals surface area contributed by atoms with Gasteiger partial charge in [0.05, 0.1) is 16.4 Å². The lowest BCUT2D eigenvalue weighted by Crippen LogP contribution is -2.20. The number of halogens is 4. The van der Waals surface area contributed by atoms with E-state index in [0.29, 0.717) is 22.2 Å². The van der Waals surface area contributed by atoms with E-state index < -0.39 is 12.4 Å². The molecule has 0 saturated heterocycles. The number of urea groups is 1. The van der Waals surface area contributed by atoms with E-state index in [9.17, 15) is 18.0 Å². The summed E-state index contributed by atoms with van der Waals surface area (Å²) in [4.78, 5) is 12.5. The molecule has 0 fully saturated rings. The number of nitrogens with one attached hydrogen (secondary N) is 3. The van der Waals surface area contributed by atoms with Crippen molar-refractivity contribution in [3.63, 3.8) is 0 Å². The quantitative estimate of drug-likeness (QED) is 0.185. The molecule has 0 aliphatic carbocycles. The van der Waals surface area contributed by atoms with Crippen LogP contribution in [0.15, 0.2) is 95.9 Å². The number of carbonyl (C=O) groups excluding carboxylic acids is 1. The van der Waals surface area contributed by atoms with Crippen LogP contribution in [0.1, 0.15) is 27.2 Å². The number of amides is 2. The van der Waals surface area contributed by atoms with Crippen molar-refractivity contribution < 1.29 is 27.4 Å². The molecule has 2 amide bonds. The molecule has 0 bridgehead atoms. The van der Waals surface area contributed by atoms with E-state index in [1.54, 1.807) is 31.2 Å². The number of benzene rings is 3. The third kappa shape index (κ3) is 8.77. The smallest absolute Gasteiger partial charge is 0.460 e. The van der Waals surface area contributed by atoms with Gasteiger partial charge in [0.15, 0.2) is 0 Å². The van der Waals surface area contributed by atoms with Crippen molar-refractivity contribution in [2.45, 2.75) is 33.6 Å². The number of ether oxygens (including phenoxy) is 2. The maximum absolute atomic E-state index is 12.5. The zero-order chi connectivity index (χ0) is 27.7. The molecule has 3 N–H and O–H groups in total. The van der Waals surface area contributed by atoms with Crippen LogP contribution in [0.25, 0.3) is 0 Å². The molecular formula is C28H27ClF3N3O3. The Morgan fingerprint density at radius 1 is 0.895 bits per heavy atom. The van der Waals surface area contributed by atoms with E-state index in [0.717, 1.165) is 35.5 Å². The molecule has 3 aromatic carbocycles. The summed E-state index contributed by atoms with van der Waals surface area (Å²) in [6.07, 6.45) is -2.17. The van der Waals surface area contributed by atoms with Crippen LogP contribution in [0.2, 0.25) is 5.02 Å². The second kappa shape index (κ2) is 12.9. The maximum Gasteiger partial charge on any atom is 0.573 e. The summed E-state index contributed by atoms with van der Waals surface area (Å²) in [6.45, 7) is 5.79. The minimum Gasteiger partial charge on any atom is -0.460 e. The molecule has 0 saturated carbocycles. The van der Waals surface area contributed by atoms with E-state index in [4.69, 9.17) is 16.3 Å². The molecule has 0 heterocycles. The van der Waals surface area contributed by atoms with Crippen molar-refractivity contribution in [3.05, 3.63) is 101 Å². The Morgan fingerprint density at radius 3 is 2.16 bits per heavy atom. The van der Waals surface area contributed by atoms with Crippen LogP contribution in [0.5, 0.6) is 11.5 Å². The molecule has 0 spiro atoms. The molecular weight excluding hydrogens is 519 g/mol. The predicted octanol–water partition coefficient (Wildman–Crippen LogP) is 8.96. The highest BCUT2D eigenvalue weighted by Gasteiger charge is 2.31. The Labute approximate surface area is 224 Å². The summed E-state index contributed by atoms with van der Waals surface area (Å²) in [6, 6.07) is 18.6. The van der Waals surface area contributed by atoms with Gasteiger partial charge >= 0.3 is 12.4 Å². The van der Waals surface area contributed by atoms with Crippen molar-refractivity contribution >= 4 is 34.7 Å². The van der Waals surface area contributed by atoms with E-state index in [2.05, 4.69) is 20.7 Å². The Bertz CT molecular complexity index is 1320. The van der Waals surface area contributed by atoms with Crippen LogP contribution in [0.3, 0.4) is 0 Å². The van der Waals surface area contributed by atoms with Gasteiger partial charge in [-0.2, -0.15) is 0 Å². The van der Waals surface area contributed by atoms with Crippen LogP contribution in [0, 0.1) is 0 Å². The van der Waals surface area contributed by atoms with Gasteiger partial charge in [-0.15, -0.1) is 13.2 Å². The summed E-state index contributed by atoms with van der Waals surface area (Å²) in [7, 11) is 0. The molecule has 38 heavy (non-hydrogen) atoms. The second-order valence-electron chi connectivity index (χ2n) is 8.12. The first-order valence-corrected chi connectivity index (χ1v) is 12.0. The molecule has 0 radical (unpaired) electrons. The molecule has 3 rings (SSSR count). The van der Waals surface area contributed by atoms with Crippen LogP contribution in [-0.4, -0.2) is 12.4 Å². The molecule has 0 aromatic heterocycles. The molecule has 0 aliphatic rings. The average Bonchev–Trinajstić information content (AvgIpc) is 2.85. The standard InChI is InChI=1S/C28H27ClF3N3O3/c1-4-23(34-24-10-6-5-9-22(24)29)18(2)17-19(3)37-26-12-8-7-11-25(26)35-27(36)33-20-13-15-21(16-14-20)38-28(30,31)32/h5-17,34H,4H2,1-3H3,(H2,33,35,36)/b19-17+,23-18-. The first-order valence-electron chi connectivity index (χ1n) is 11.6. The summed E-state index contributed by atoms with van der Waals surface area (Å²) in [5.74, 6) is 0.613. The molecule has 6 nitrogen and oxygen atoms in total. The third-order valence-electron chi connectivity index (χ3n) is 5.16. The van der Waals surface area contributed by atoms with E-state index >= 15 is 0 Å². The fraction of sp³-hybridized carbons (Fsp3) is 0.179. The zero-order valence-electron chi connectivity index (χ0n) is 20.9. The number of alkyl halides is 3. The molecule has 10 heteroatoms. The summed E-state index contributed by atoms with van der Waals surface area (Å²) in [5, 5.41) is 9.23. The van der Waals surface area contributed by atoms with Crippen LogP contribution in [-0.2, 0) is 0 Å². The van der Waals surface area contributed by atoms with Crippen LogP contribution < -0.4 is 25.4 Å². The van der Waals surface area contributed by atoms with Gasteiger partial charge in [-0.05, 0) is 80.4 Å². The fourth-order valence-corrected chi connectivity index (χ4v) is 3.65. The minimum absolute atomic E-state index is 0.283. The van der Waals surface area contributed by atoms with Gasteiger partial charge in [0.1, 0.15) is 17.3 Å². The lowest BCUT2D eigenvalue weighted by molar-refractivity contribution is -0.274. The molecule has 200 valence electrons. The first-order chi connectivity index (χ1) is 18.0. The van der Waals surface area contributed by atoms with Crippen molar-refractivity contribution in [1.82, 2.24) is 0 Å². The highest BCUT2D eigenvalue weighted by Crippen LogP contribution is 2.28. The molecule has 0 aliphatic heterocycles. The van der Waals surface area contributed by atoms with Crippen molar-refractivity contribution in [2.75, 3.05) is 16.0 Å². The molecule has 3 aromatic rings. The highest BCUT2D eigenvalue weighted by atomic mass is 35.5. The Balaban J connectivity index is 1.67. The minimum atomic E-state index is -4.79. The Hall–Kier alpha value is -4.11. The number of carbonyl (C=O) groups is 1. The van der Waals surface area contributed by atoms with Gasteiger partial charge < -0.3 is 25.4 Å². The van der Waals surface area contributed by atoms with Crippen molar-refractivity contribution in [3.8, 4) is 11.5 Å². The van der Waals surface area contributed by atoms with Gasteiger partial charge in [0, 0.05) is 11.4 Å². The van der Waals surface area contributed by atoms with Gasteiger partial charge in [-0.1, -0.05) is 42.8 Å². The Morgan fingerprint density at radius 2 is 1.53 bits per heavy atom. The van der Waals surface area contributed by atoms with Gasteiger partial charge in [0.25, 0.3) is 0 Å².